The molecule has 0 spiro atoms. The predicted molar refractivity (Wildman–Crippen MR) is 248 cm³/mol. The minimum absolute atomic E-state index is 0. The zero-order valence-corrected chi connectivity index (χ0v) is 39.5. The van der Waals surface area contributed by atoms with E-state index in [0.29, 0.717) is 11.1 Å². The Balaban J connectivity index is 0.000000287. The summed E-state index contributed by atoms with van der Waals surface area (Å²) >= 11 is 14.8. The lowest BCUT2D eigenvalue weighted by atomic mass is 9.93. The molecule has 0 aliphatic carbocycles. The van der Waals surface area contributed by atoms with Crippen LogP contribution in [0.5, 0.6) is 0 Å². The van der Waals surface area contributed by atoms with E-state index in [4.69, 9.17) is 41.6 Å². The van der Waals surface area contributed by atoms with Crippen LogP contribution in [0.3, 0.4) is 0 Å². The Kier molecular flexibility index (Phi) is 17.9. The summed E-state index contributed by atoms with van der Waals surface area (Å²) < 4.78 is 97.3. The van der Waals surface area contributed by atoms with Crippen LogP contribution in [0.4, 0.5) is 26.3 Å². The third kappa shape index (κ3) is 15.3. The first-order chi connectivity index (χ1) is 28.9. The van der Waals surface area contributed by atoms with Gasteiger partial charge < -0.3 is 28.2 Å². The van der Waals surface area contributed by atoms with E-state index in [1.165, 1.54) is 13.3 Å². The number of aliphatic hydroxyl groups excluding tert-OH is 1. The van der Waals surface area contributed by atoms with E-state index in [-0.39, 0.29) is 30.1 Å². The second-order valence-electron chi connectivity index (χ2n) is 15.4. The summed E-state index contributed by atoms with van der Waals surface area (Å²) in [5.74, 6) is -1.02. The molecule has 1 N–H and O–H groups in total. The van der Waals surface area contributed by atoms with Gasteiger partial charge in [0.2, 0.25) is 6.49 Å². The molecule has 0 radical (unpaired) electrons. The van der Waals surface area contributed by atoms with Crippen molar-refractivity contribution < 1.29 is 64.1 Å². The first-order valence-electron chi connectivity index (χ1n) is 18.8. The molecular weight excluding hydrogens is 944 g/mol. The van der Waals surface area contributed by atoms with Crippen LogP contribution >= 0.6 is 23.3 Å². The maximum atomic E-state index is 12.7. The first kappa shape index (κ1) is 54.3. The molecule has 348 valence electrons. The summed E-state index contributed by atoms with van der Waals surface area (Å²) in [4.78, 5) is 24.8. The molecule has 19 heteroatoms. The third-order valence-corrected chi connectivity index (χ3v) is 11.9. The van der Waals surface area contributed by atoms with Crippen molar-refractivity contribution in [1.29, 1.82) is 0 Å². The molecule has 8 nitrogen and oxygen atoms in total. The minimum atomic E-state index is -4.54. The van der Waals surface area contributed by atoms with E-state index in [2.05, 4.69) is 16.3 Å². The summed E-state index contributed by atoms with van der Waals surface area (Å²) in [6.07, 6.45) is -8.88. The molecule has 4 aromatic rings. The van der Waals surface area contributed by atoms with Gasteiger partial charge in [-0.3, -0.25) is 0 Å². The van der Waals surface area contributed by atoms with Crippen molar-refractivity contribution in [2.24, 2.45) is 0 Å². The lowest BCUT2D eigenvalue weighted by molar-refractivity contribution is -0.153. The molecule has 4 aromatic carbocycles. The topological polar surface area (TPSA) is 101 Å². The number of carbonyl (C=O) groups excluding carboxylic acids is 2. The Morgan fingerprint density at radius 1 is 0.641 bits per heavy atom. The van der Waals surface area contributed by atoms with Gasteiger partial charge in [-0.15, -0.1) is 0 Å². The van der Waals surface area contributed by atoms with Crippen LogP contribution in [0.15, 0.2) is 109 Å². The third-order valence-electron chi connectivity index (χ3n) is 9.07. The van der Waals surface area contributed by atoms with Crippen LogP contribution < -0.4 is 0 Å². The van der Waals surface area contributed by atoms with E-state index >= 15 is 0 Å². The van der Waals surface area contributed by atoms with E-state index in [1.807, 2.05) is 105 Å². The number of halogens is 7. The fourth-order valence-corrected chi connectivity index (χ4v) is 8.30. The standard InChI is InChI=1S/C22H22F3O4PS.C19H18O3.C3H5ClF3OPS.CH4/c1-14-12-16(15-8-6-5-7-9-15)10-11-17(14)18-19(21(2,3)28-20(18)26)29-30(4,31)27-13-22(23,24)25;1-12-11-14(13-7-5-4-6-8-13)9-10-15(12)16-17(20)19(2,3)22-18(16)21;1-9(4,10)8-2-3(5,6)7;/h5-12H,13H2,1-4H3;4-11,20H,1-3H3;2H2,1H3;1H4. The van der Waals surface area contributed by atoms with Crippen LogP contribution in [-0.2, 0) is 56.2 Å². The lowest BCUT2D eigenvalue weighted by Gasteiger charge is -2.27. The molecule has 0 fully saturated rings. The summed E-state index contributed by atoms with van der Waals surface area (Å²) in [6, 6.07) is 31.2. The maximum Gasteiger partial charge on any atom is 0.412 e. The molecular formula is C45H49ClF6O8P2S2. The van der Waals surface area contributed by atoms with Crippen molar-refractivity contribution in [3.05, 3.63) is 131 Å². The quantitative estimate of drug-likeness (QED) is 0.0939. The second-order valence-corrected chi connectivity index (χ2v) is 25.8. The first-order valence-corrected chi connectivity index (χ1v) is 26.0. The number of benzene rings is 4. The number of rotatable bonds is 10. The molecule has 0 saturated carbocycles. The van der Waals surface area contributed by atoms with Gasteiger partial charge in [-0.1, -0.05) is 128 Å². The molecule has 2 aliphatic rings. The highest BCUT2D eigenvalue weighted by Gasteiger charge is 2.46. The summed E-state index contributed by atoms with van der Waals surface area (Å²) in [6.45, 7) is 6.66. The Morgan fingerprint density at radius 3 is 1.39 bits per heavy atom. The van der Waals surface area contributed by atoms with Crippen molar-refractivity contribution in [3.8, 4) is 22.3 Å². The van der Waals surface area contributed by atoms with Crippen LogP contribution in [0.25, 0.3) is 33.4 Å². The number of hydrogen-bond acceptors (Lipinski definition) is 10. The van der Waals surface area contributed by atoms with Crippen LogP contribution in [0.2, 0.25) is 0 Å². The number of carbonyl (C=O) groups is 2. The normalized spacial score (nSPS) is 17.4. The van der Waals surface area contributed by atoms with Gasteiger partial charge in [-0.2, -0.15) is 26.3 Å². The lowest BCUT2D eigenvalue weighted by Crippen LogP contribution is -2.24. The molecule has 2 atom stereocenters. The van der Waals surface area contributed by atoms with Gasteiger partial charge in [0.15, 0.2) is 29.3 Å². The molecule has 0 aromatic heterocycles. The number of esters is 2. The van der Waals surface area contributed by atoms with Gasteiger partial charge in [0.1, 0.15) is 23.4 Å². The van der Waals surface area contributed by atoms with Gasteiger partial charge in [-0.05, 0) is 97.9 Å². The molecule has 2 unspecified atom stereocenters. The highest BCUT2D eigenvalue weighted by Crippen LogP contribution is 2.53. The van der Waals surface area contributed by atoms with Crippen molar-refractivity contribution in [2.45, 2.75) is 72.5 Å². The fourth-order valence-electron chi connectivity index (χ4n) is 6.16. The Morgan fingerprint density at radius 2 is 1.03 bits per heavy atom. The number of ether oxygens (including phenoxy) is 2. The van der Waals surface area contributed by atoms with Gasteiger partial charge >= 0.3 is 24.3 Å². The monoisotopic (exact) mass is 992 g/mol. The average Bonchev–Trinajstić information content (AvgIpc) is 3.52. The smallest absolute Gasteiger partial charge is 0.412 e. The summed E-state index contributed by atoms with van der Waals surface area (Å²) in [7, 11) is 0. The van der Waals surface area contributed by atoms with E-state index in [9.17, 15) is 41.0 Å². The van der Waals surface area contributed by atoms with Crippen LogP contribution in [0, 0.1) is 13.8 Å². The predicted octanol–water partition coefficient (Wildman–Crippen LogP) is 13.9. The Labute approximate surface area is 384 Å². The molecule has 0 saturated heterocycles. The SMILES string of the molecule is C.CP(=S)(Cl)OCC(F)(F)F.Cc1cc(-c2ccccc2)ccc1C1=C(O)C(C)(C)OC1=O.Cc1cc(-c2ccccc2)ccc1C1=C(OP(C)(=S)OCC(F)(F)F)C(C)(C)OC1=O. The van der Waals surface area contributed by atoms with Gasteiger partial charge in [-0.25, -0.2) is 9.59 Å². The van der Waals surface area contributed by atoms with Crippen molar-refractivity contribution in [2.75, 3.05) is 26.5 Å². The zero-order chi connectivity index (χ0) is 47.3. The van der Waals surface area contributed by atoms with Gasteiger partial charge in [0.05, 0.1) is 0 Å². The van der Waals surface area contributed by atoms with E-state index in [1.54, 1.807) is 33.8 Å². The number of aryl methyl sites for hydroxylation is 2. The number of cyclic esters (lactones) is 2. The number of aliphatic hydroxyl groups is 1. The second kappa shape index (κ2) is 21.1. The van der Waals surface area contributed by atoms with Crippen LogP contribution in [-0.4, -0.2) is 67.1 Å². The molecule has 0 amide bonds. The van der Waals surface area contributed by atoms with E-state index < -0.39 is 60.8 Å². The molecule has 0 bridgehead atoms. The summed E-state index contributed by atoms with van der Waals surface area (Å²) in [5.41, 5.74) is 2.74. The summed E-state index contributed by atoms with van der Waals surface area (Å²) in [5, 5.41) is 10.3. The largest absolute Gasteiger partial charge is 0.507 e. The highest BCUT2D eigenvalue weighted by molar-refractivity contribution is 8.24. The minimum Gasteiger partial charge on any atom is -0.507 e. The Bertz CT molecular complexity index is 2490. The van der Waals surface area contributed by atoms with Crippen molar-refractivity contribution in [1.82, 2.24) is 0 Å². The van der Waals surface area contributed by atoms with Crippen molar-refractivity contribution >= 4 is 70.0 Å². The van der Waals surface area contributed by atoms with E-state index in [0.717, 1.165) is 33.4 Å². The Hall–Kier alpha value is -4.01. The highest BCUT2D eigenvalue weighted by atomic mass is 35.7. The molecule has 6 rings (SSSR count). The van der Waals surface area contributed by atoms with Gasteiger partial charge in [0, 0.05) is 13.3 Å². The molecule has 64 heavy (non-hydrogen) atoms. The fraction of sp³-hybridized carbons (Fsp3) is 0.333. The van der Waals surface area contributed by atoms with Crippen LogP contribution in [0.1, 0.15) is 57.4 Å². The number of hydrogen-bond donors (Lipinski definition) is 1. The number of alkyl halides is 6. The molecule has 2 heterocycles. The van der Waals surface area contributed by atoms with Gasteiger partial charge in [0.25, 0.3) is 0 Å². The van der Waals surface area contributed by atoms with Crippen molar-refractivity contribution in [3.63, 3.8) is 0 Å². The maximum absolute atomic E-state index is 12.7. The average molecular weight is 993 g/mol. The molecule has 2 aliphatic heterocycles. The zero-order valence-electron chi connectivity index (χ0n) is 35.3.